The van der Waals surface area contributed by atoms with Crippen molar-refractivity contribution in [3.63, 3.8) is 0 Å². The Morgan fingerprint density at radius 2 is 1.82 bits per heavy atom. The summed E-state index contributed by atoms with van der Waals surface area (Å²) in [6, 6.07) is 15.4. The molecule has 0 spiro atoms. The summed E-state index contributed by atoms with van der Waals surface area (Å²) in [7, 11) is 0. The van der Waals surface area contributed by atoms with Crippen LogP contribution in [0.25, 0.3) is 0 Å². The molecule has 1 N–H and O–H groups in total. The number of halogens is 2. The molecule has 3 nitrogen and oxygen atoms in total. The van der Waals surface area contributed by atoms with Crippen LogP contribution in [0.4, 0.5) is 0 Å². The fraction of sp³-hybridized carbons (Fsp3) is 0.294. The first kappa shape index (κ1) is 15.6. The molecule has 0 bridgehead atoms. The lowest BCUT2D eigenvalue weighted by Gasteiger charge is -2.18. The Balaban J connectivity index is 1.65. The number of β-amino-alcohol motifs (C(OH)–C–C–N with tert-alkyl or cyclic N) is 1. The largest absolute Gasteiger partial charge is 0.485 e. The number of nitrogens with zero attached hydrogens (tertiary/aromatic N) is 1. The van der Waals surface area contributed by atoms with Crippen LogP contribution in [0, 0.1) is 0 Å². The average molecular weight is 338 g/mol. The first-order valence-electron chi connectivity index (χ1n) is 7.18. The van der Waals surface area contributed by atoms with Gasteiger partial charge in [0.15, 0.2) is 0 Å². The zero-order chi connectivity index (χ0) is 15.5. The van der Waals surface area contributed by atoms with Crippen LogP contribution in [0.5, 0.6) is 5.75 Å². The highest BCUT2D eigenvalue weighted by Gasteiger charge is 2.33. The van der Waals surface area contributed by atoms with Crippen LogP contribution in [-0.4, -0.2) is 35.3 Å². The predicted molar refractivity (Wildman–Crippen MR) is 88.6 cm³/mol. The van der Waals surface area contributed by atoms with E-state index in [1.807, 2.05) is 18.2 Å². The van der Waals surface area contributed by atoms with E-state index in [-0.39, 0.29) is 6.10 Å². The molecule has 5 heteroatoms. The van der Waals surface area contributed by atoms with Crippen LogP contribution in [0.1, 0.15) is 5.56 Å². The predicted octanol–water partition coefficient (Wildman–Crippen LogP) is 3.62. The third-order valence-corrected chi connectivity index (χ3v) is 4.56. The van der Waals surface area contributed by atoms with Gasteiger partial charge in [-0.3, -0.25) is 4.90 Å². The van der Waals surface area contributed by atoms with E-state index in [4.69, 9.17) is 27.9 Å². The van der Waals surface area contributed by atoms with E-state index in [2.05, 4.69) is 17.0 Å². The van der Waals surface area contributed by atoms with E-state index in [0.29, 0.717) is 28.9 Å². The van der Waals surface area contributed by atoms with Crippen LogP contribution in [0.15, 0.2) is 48.5 Å². The summed E-state index contributed by atoms with van der Waals surface area (Å²) in [5.74, 6) is 0.514. The fourth-order valence-electron chi connectivity index (χ4n) is 2.66. The number of aliphatic hydroxyl groups is 1. The van der Waals surface area contributed by atoms with E-state index in [1.165, 1.54) is 5.56 Å². The van der Waals surface area contributed by atoms with Crippen molar-refractivity contribution in [2.24, 2.45) is 0 Å². The van der Waals surface area contributed by atoms with Gasteiger partial charge in [0.1, 0.15) is 23.0 Å². The highest BCUT2D eigenvalue weighted by molar-refractivity contribution is 6.42. The van der Waals surface area contributed by atoms with Crippen molar-refractivity contribution < 1.29 is 9.84 Å². The molecule has 0 aliphatic carbocycles. The van der Waals surface area contributed by atoms with Gasteiger partial charge in [-0.1, -0.05) is 59.6 Å². The standard InChI is InChI=1S/C17H17Cl2NO2/c18-13-7-4-8-15(17(13)19)22-16-11-20(10-14(16)21)9-12-5-2-1-3-6-12/h1-8,14,16,21H,9-11H2/t14-,16-/m0/s1. The Morgan fingerprint density at radius 1 is 1.05 bits per heavy atom. The molecule has 2 aromatic rings. The van der Waals surface area contributed by atoms with Crippen molar-refractivity contribution in [2.45, 2.75) is 18.8 Å². The smallest absolute Gasteiger partial charge is 0.140 e. The molecule has 0 amide bonds. The van der Waals surface area contributed by atoms with Crippen molar-refractivity contribution in [2.75, 3.05) is 13.1 Å². The van der Waals surface area contributed by atoms with Gasteiger partial charge in [-0.2, -0.15) is 0 Å². The van der Waals surface area contributed by atoms with Crippen LogP contribution < -0.4 is 4.74 Å². The second-order valence-corrected chi connectivity index (χ2v) is 6.24. The van der Waals surface area contributed by atoms with E-state index < -0.39 is 6.10 Å². The monoisotopic (exact) mass is 337 g/mol. The van der Waals surface area contributed by atoms with Gasteiger partial charge in [0, 0.05) is 19.6 Å². The number of rotatable bonds is 4. The lowest BCUT2D eigenvalue weighted by Crippen LogP contribution is -2.30. The first-order valence-corrected chi connectivity index (χ1v) is 7.94. The Labute approximate surface area is 140 Å². The molecule has 22 heavy (non-hydrogen) atoms. The Morgan fingerprint density at radius 3 is 2.59 bits per heavy atom. The van der Waals surface area contributed by atoms with E-state index >= 15 is 0 Å². The Hall–Kier alpha value is -1.26. The van der Waals surface area contributed by atoms with Gasteiger partial charge in [-0.25, -0.2) is 0 Å². The molecule has 3 rings (SSSR count). The summed E-state index contributed by atoms with van der Waals surface area (Å²) in [6.45, 7) is 2.03. The van der Waals surface area contributed by atoms with Gasteiger partial charge >= 0.3 is 0 Å². The van der Waals surface area contributed by atoms with Crippen LogP contribution >= 0.6 is 23.2 Å². The molecule has 1 aliphatic rings. The number of ether oxygens (including phenoxy) is 1. The number of aliphatic hydroxyl groups excluding tert-OH is 1. The molecule has 0 radical (unpaired) electrons. The second kappa shape index (κ2) is 6.88. The molecule has 2 atom stereocenters. The van der Waals surface area contributed by atoms with Crippen molar-refractivity contribution in [3.05, 3.63) is 64.1 Å². The van der Waals surface area contributed by atoms with Crippen molar-refractivity contribution >= 4 is 23.2 Å². The second-order valence-electron chi connectivity index (χ2n) is 5.46. The lowest BCUT2D eigenvalue weighted by atomic mass is 10.2. The van der Waals surface area contributed by atoms with Gasteiger partial charge in [0.2, 0.25) is 0 Å². The molecule has 116 valence electrons. The molecular formula is C17H17Cl2NO2. The summed E-state index contributed by atoms with van der Waals surface area (Å²) in [6.07, 6.45) is -0.849. The quantitative estimate of drug-likeness (QED) is 0.924. The van der Waals surface area contributed by atoms with Crippen LogP contribution in [-0.2, 0) is 6.54 Å². The highest BCUT2D eigenvalue weighted by Crippen LogP contribution is 2.33. The third-order valence-electron chi connectivity index (χ3n) is 3.76. The summed E-state index contributed by atoms with van der Waals surface area (Å²) < 4.78 is 5.86. The lowest BCUT2D eigenvalue weighted by molar-refractivity contribution is 0.0737. The van der Waals surface area contributed by atoms with Gasteiger partial charge < -0.3 is 9.84 Å². The molecule has 1 fully saturated rings. The summed E-state index contributed by atoms with van der Waals surface area (Å²) in [5, 5.41) is 11.1. The average Bonchev–Trinajstić information content (AvgIpc) is 2.85. The molecule has 1 aliphatic heterocycles. The molecular weight excluding hydrogens is 321 g/mol. The van der Waals surface area contributed by atoms with Crippen molar-refractivity contribution in [1.82, 2.24) is 4.90 Å². The molecule has 0 unspecified atom stereocenters. The highest BCUT2D eigenvalue weighted by atomic mass is 35.5. The van der Waals surface area contributed by atoms with E-state index in [1.54, 1.807) is 18.2 Å². The maximum atomic E-state index is 10.2. The van der Waals surface area contributed by atoms with Gasteiger partial charge in [0.05, 0.1) is 5.02 Å². The topological polar surface area (TPSA) is 32.7 Å². The van der Waals surface area contributed by atoms with Crippen molar-refractivity contribution in [1.29, 1.82) is 0 Å². The third kappa shape index (κ3) is 3.55. The number of hydrogen-bond acceptors (Lipinski definition) is 3. The van der Waals surface area contributed by atoms with E-state index in [9.17, 15) is 5.11 Å². The Kier molecular flexibility index (Phi) is 4.89. The number of likely N-dealkylation sites (tertiary alicyclic amines) is 1. The summed E-state index contributed by atoms with van der Waals surface area (Å²) in [5.41, 5.74) is 1.22. The SMILES string of the molecule is O[C@H]1CN(Cc2ccccc2)C[C@@H]1Oc1cccc(Cl)c1Cl. The zero-order valence-electron chi connectivity index (χ0n) is 12.0. The first-order chi connectivity index (χ1) is 10.6. The molecule has 1 saturated heterocycles. The minimum atomic E-state index is -0.543. The Bertz CT molecular complexity index is 636. The van der Waals surface area contributed by atoms with Crippen LogP contribution in [0.3, 0.4) is 0 Å². The molecule has 0 aromatic heterocycles. The normalized spacial score (nSPS) is 22.0. The minimum Gasteiger partial charge on any atom is -0.485 e. The molecule has 2 aromatic carbocycles. The molecule has 0 saturated carbocycles. The summed E-state index contributed by atoms with van der Waals surface area (Å²) in [4.78, 5) is 2.17. The zero-order valence-corrected chi connectivity index (χ0v) is 13.5. The van der Waals surface area contributed by atoms with Crippen molar-refractivity contribution in [3.8, 4) is 5.75 Å². The molecule has 1 heterocycles. The number of benzene rings is 2. The number of hydrogen-bond donors (Lipinski definition) is 1. The fourth-order valence-corrected chi connectivity index (χ4v) is 2.99. The maximum absolute atomic E-state index is 10.2. The van der Waals surface area contributed by atoms with Gasteiger partial charge in [0.25, 0.3) is 0 Å². The maximum Gasteiger partial charge on any atom is 0.140 e. The van der Waals surface area contributed by atoms with Gasteiger partial charge in [-0.15, -0.1) is 0 Å². The minimum absolute atomic E-state index is 0.306. The van der Waals surface area contributed by atoms with Gasteiger partial charge in [-0.05, 0) is 17.7 Å². The van der Waals surface area contributed by atoms with E-state index in [0.717, 1.165) is 6.54 Å². The van der Waals surface area contributed by atoms with Crippen LogP contribution in [0.2, 0.25) is 10.0 Å². The summed E-state index contributed by atoms with van der Waals surface area (Å²) >= 11 is 12.1.